The minimum Gasteiger partial charge on any atom is -0.143 e. The average Bonchev–Trinajstić information content (AvgIpc) is 2.68. The van der Waals surface area contributed by atoms with Crippen molar-refractivity contribution in [1.29, 1.82) is 0 Å². The monoisotopic (exact) mass is 334 g/mol. The summed E-state index contributed by atoms with van der Waals surface area (Å²) < 4.78 is 2.89. The highest BCUT2D eigenvalue weighted by Gasteiger charge is 2.09. The van der Waals surface area contributed by atoms with E-state index in [2.05, 4.69) is 53.3 Å². The lowest BCUT2D eigenvalue weighted by Crippen LogP contribution is -1.87. The van der Waals surface area contributed by atoms with Crippen LogP contribution in [0.1, 0.15) is 12.5 Å². The minimum absolute atomic E-state index is 1.12. The summed E-state index contributed by atoms with van der Waals surface area (Å²) in [6.45, 7) is 2.22. The molecule has 14 heavy (non-hydrogen) atoms. The molecule has 0 saturated heterocycles. The zero-order valence-corrected chi connectivity index (χ0v) is 11.9. The van der Waals surface area contributed by atoms with Gasteiger partial charge in [0.05, 0.1) is 0 Å². The molecule has 0 aliphatic heterocycles. The molecule has 74 valence electrons. The molecule has 0 saturated carbocycles. The van der Waals surface area contributed by atoms with E-state index in [0.717, 1.165) is 6.42 Å². The van der Waals surface area contributed by atoms with Crippen LogP contribution in [-0.2, 0) is 6.42 Å². The van der Waals surface area contributed by atoms with E-state index in [0.29, 0.717) is 0 Å². The van der Waals surface area contributed by atoms with E-state index in [-0.39, 0.29) is 0 Å². The van der Waals surface area contributed by atoms with Crippen LogP contribution in [0.25, 0.3) is 10.1 Å². The van der Waals surface area contributed by atoms with Crippen LogP contribution in [0.3, 0.4) is 0 Å². The molecule has 0 unspecified atom stereocenters. The number of hydrogen-bond donors (Lipinski definition) is 0. The van der Waals surface area contributed by atoms with Crippen LogP contribution >= 0.6 is 45.7 Å². The molecule has 0 fully saturated rings. The van der Waals surface area contributed by atoms with Gasteiger partial charge in [0.1, 0.15) is 0 Å². The second-order valence-electron chi connectivity index (χ2n) is 3.07. The topological polar surface area (TPSA) is 0 Å². The number of benzene rings is 1. The van der Waals surface area contributed by atoms with Crippen LogP contribution in [0.5, 0.6) is 0 Å². The predicted octanol–water partition coefficient (Wildman–Crippen LogP) is 4.79. The molecule has 2 rings (SSSR count). The van der Waals surface area contributed by atoms with Gasteiger partial charge < -0.3 is 0 Å². The summed E-state index contributed by atoms with van der Waals surface area (Å²) in [5, 5.41) is 3.61. The van der Waals surface area contributed by atoms with Gasteiger partial charge in [0, 0.05) is 18.6 Å². The van der Waals surface area contributed by atoms with Crippen molar-refractivity contribution >= 4 is 55.8 Å². The molecule has 1 aromatic heterocycles. The number of halogens is 1. The Morgan fingerprint density at radius 2 is 2.29 bits per heavy atom. The Morgan fingerprint density at radius 3 is 2.93 bits per heavy atom. The molecular formula is C11H11IS2. The highest BCUT2D eigenvalue weighted by atomic mass is 127. The fraction of sp³-hybridized carbons (Fsp3) is 0.273. The summed E-state index contributed by atoms with van der Waals surface area (Å²) in [4.78, 5) is 1.42. The van der Waals surface area contributed by atoms with Gasteiger partial charge in [-0.25, -0.2) is 0 Å². The summed E-state index contributed by atoms with van der Waals surface area (Å²) >= 11 is 6.17. The van der Waals surface area contributed by atoms with Crippen molar-refractivity contribution < 1.29 is 0 Å². The van der Waals surface area contributed by atoms with Crippen molar-refractivity contribution in [2.45, 2.75) is 18.2 Å². The van der Waals surface area contributed by atoms with E-state index in [9.17, 15) is 0 Å². The normalized spacial score (nSPS) is 11.1. The largest absolute Gasteiger partial charge is 0.143 e. The number of hydrogen-bond acceptors (Lipinski definition) is 2. The first kappa shape index (κ1) is 10.8. The fourth-order valence-corrected chi connectivity index (χ4v) is 4.35. The van der Waals surface area contributed by atoms with E-state index in [1.807, 2.05) is 23.1 Å². The molecule has 0 bridgehead atoms. The van der Waals surface area contributed by atoms with Crippen molar-refractivity contribution in [1.82, 2.24) is 0 Å². The summed E-state index contributed by atoms with van der Waals surface area (Å²) in [5.74, 6) is 0. The molecule has 0 nitrogen and oxygen atoms in total. The lowest BCUT2D eigenvalue weighted by atomic mass is 10.1. The molecule has 0 aliphatic rings. The quantitative estimate of drug-likeness (QED) is 0.562. The van der Waals surface area contributed by atoms with Gasteiger partial charge in [0.2, 0.25) is 0 Å². The molecule has 0 spiro atoms. The lowest BCUT2D eigenvalue weighted by molar-refractivity contribution is 1.12. The molecule has 0 radical (unpaired) electrons. The van der Waals surface area contributed by atoms with Gasteiger partial charge in [-0.2, -0.15) is 0 Å². The standard InChI is InChI=1S/C11H11IS2/c1-3-7-6-9(13-2)8-4-5-14-11(8)10(7)12/h4-6H,3H2,1-2H3. The van der Waals surface area contributed by atoms with Crippen LogP contribution in [-0.4, -0.2) is 6.26 Å². The Balaban J connectivity index is 2.80. The molecule has 0 atom stereocenters. The summed E-state index contributed by atoms with van der Waals surface area (Å²) in [5.41, 5.74) is 1.48. The Morgan fingerprint density at radius 1 is 1.50 bits per heavy atom. The third-order valence-electron chi connectivity index (χ3n) is 2.32. The first-order valence-corrected chi connectivity index (χ1v) is 7.68. The Labute approximate surface area is 106 Å². The van der Waals surface area contributed by atoms with Crippen molar-refractivity contribution in [3.63, 3.8) is 0 Å². The number of aryl methyl sites for hydroxylation is 1. The number of thioether (sulfide) groups is 1. The van der Waals surface area contributed by atoms with Crippen LogP contribution in [0.2, 0.25) is 0 Å². The maximum absolute atomic E-state index is 2.47. The average molecular weight is 334 g/mol. The second-order valence-corrected chi connectivity index (χ2v) is 5.91. The zero-order chi connectivity index (χ0) is 10.1. The minimum atomic E-state index is 1.12. The first-order chi connectivity index (χ1) is 6.77. The third kappa shape index (κ3) is 1.70. The van der Waals surface area contributed by atoms with Crippen molar-refractivity contribution in [2.75, 3.05) is 6.26 Å². The Bertz CT molecular complexity index is 460. The van der Waals surface area contributed by atoms with Gasteiger partial charge in [-0.3, -0.25) is 0 Å². The smallest absolute Gasteiger partial charge is 0.0490 e. The molecule has 0 amide bonds. The molecule has 1 heterocycles. The molecule has 2 aromatic rings. The van der Waals surface area contributed by atoms with E-state index in [1.54, 1.807) is 0 Å². The highest BCUT2D eigenvalue weighted by molar-refractivity contribution is 14.1. The van der Waals surface area contributed by atoms with Gasteiger partial charge >= 0.3 is 0 Å². The van der Waals surface area contributed by atoms with Gasteiger partial charge in [0.25, 0.3) is 0 Å². The van der Waals surface area contributed by atoms with E-state index < -0.39 is 0 Å². The third-order valence-corrected chi connectivity index (χ3v) is 5.63. The fourth-order valence-electron chi connectivity index (χ4n) is 1.54. The van der Waals surface area contributed by atoms with Crippen LogP contribution < -0.4 is 0 Å². The van der Waals surface area contributed by atoms with Gasteiger partial charge in [0.15, 0.2) is 0 Å². The first-order valence-electron chi connectivity index (χ1n) is 4.50. The van der Waals surface area contributed by atoms with Gasteiger partial charge in [-0.1, -0.05) is 6.92 Å². The van der Waals surface area contributed by atoms with Crippen LogP contribution in [0.4, 0.5) is 0 Å². The number of thiophene rings is 1. The SMILES string of the molecule is CCc1cc(SC)c2ccsc2c1I. The second kappa shape index (κ2) is 4.41. The Hall–Kier alpha value is 0.260. The van der Waals surface area contributed by atoms with E-state index in [4.69, 9.17) is 0 Å². The summed E-state index contributed by atoms with van der Waals surface area (Å²) in [6.07, 6.45) is 3.28. The maximum atomic E-state index is 2.47. The zero-order valence-electron chi connectivity index (χ0n) is 8.13. The van der Waals surface area contributed by atoms with Crippen LogP contribution in [0.15, 0.2) is 22.4 Å². The molecular weight excluding hydrogens is 323 g/mol. The van der Waals surface area contributed by atoms with E-state index in [1.165, 1.54) is 24.1 Å². The van der Waals surface area contributed by atoms with Crippen molar-refractivity contribution in [2.24, 2.45) is 0 Å². The van der Waals surface area contributed by atoms with Crippen molar-refractivity contribution in [3.8, 4) is 0 Å². The predicted molar refractivity (Wildman–Crippen MR) is 75.7 cm³/mol. The molecule has 0 aliphatic carbocycles. The molecule has 3 heteroatoms. The summed E-state index contributed by atoms with van der Waals surface area (Å²) in [6, 6.07) is 4.56. The molecule has 1 aromatic carbocycles. The maximum Gasteiger partial charge on any atom is 0.0490 e. The van der Waals surface area contributed by atoms with Gasteiger partial charge in [-0.15, -0.1) is 23.1 Å². The highest BCUT2D eigenvalue weighted by Crippen LogP contribution is 2.35. The van der Waals surface area contributed by atoms with Crippen molar-refractivity contribution in [3.05, 3.63) is 26.6 Å². The van der Waals surface area contributed by atoms with E-state index >= 15 is 0 Å². The number of rotatable bonds is 2. The molecule has 0 N–H and O–H groups in total. The number of fused-ring (bicyclic) bond motifs is 1. The van der Waals surface area contributed by atoms with Crippen LogP contribution in [0, 0.1) is 3.57 Å². The Kier molecular flexibility index (Phi) is 3.39. The lowest BCUT2D eigenvalue weighted by Gasteiger charge is -2.06. The van der Waals surface area contributed by atoms with Gasteiger partial charge in [-0.05, 0) is 58.3 Å². The summed E-state index contributed by atoms with van der Waals surface area (Å²) in [7, 11) is 0.